The van der Waals surface area contributed by atoms with Crippen molar-refractivity contribution < 1.29 is 4.39 Å². The van der Waals surface area contributed by atoms with Crippen LogP contribution >= 0.6 is 28.1 Å². The second-order valence-electron chi connectivity index (χ2n) is 5.09. The van der Waals surface area contributed by atoms with Crippen molar-refractivity contribution in [3.8, 4) is 0 Å². The Bertz CT molecular complexity index is 503. The highest BCUT2D eigenvalue weighted by Crippen LogP contribution is 2.29. The molecule has 6 heteroatoms. The number of nitrogens with zero attached hydrogens (tertiary/aromatic N) is 2. The molecule has 3 nitrogen and oxygen atoms in total. The third-order valence-corrected chi connectivity index (χ3v) is 4.68. The van der Waals surface area contributed by atoms with Gasteiger partial charge in [-0.3, -0.25) is 0 Å². The van der Waals surface area contributed by atoms with Gasteiger partial charge < -0.3 is 15.5 Å². The van der Waals surface area contributed by atoms with Crippen molar-refractivity contribution in [2.24, 2.45) is 5.73 Å². The molecule has 0 aromatic heterocycles. The van der Waals surface area contributed by atoms with Crippen molar-refractivity contribution in [2.45, 2.75) is 12.8 Å². The maximum Gasteiger partial charge on any atom is 0.161 e. The molecule has 1 aromatic carbocycles. The molecule has 1 heterocycles. The Kier molecular flexibility index (Phi) is 5.35. The number of nitrogens with two attached hydrogens (primary N) is 1. The first kappa shape index (κ1) is 15.7. The van der Waals surface area contributed by atoms with Gasteiger partial charge in [0.1, 0.15) is 4.99 Å². The number of benzene rings is 1. The standard InChI is InChI=1S/C14H19BrFN3S/c1-18(8-9-19-6-2-3-7-19)11-5-4-10(14(17)20)12(15)13(11)16/h4-5H,2-3,6-9H2,1H3,(H2,17,20). The van der Waals surface area contributed by atoms with Crippen molar-refractivity contribution in [3.63, 3.8) is 0 Å². The first-order chi connectivity index (χ1) is 9.50. The molecule has 0 amide bonds. The molecule has 2 N–H and O–H groups in total. The zero-order chi connectivity index (χ0) is 14.7. The van der Waals surface area contributed by atoms with E-state index in [1.54, 1.807) is 12.1 Å². The number of thiocarbonyl (C=S) groups is 1. The molecule has 1 fully saturated rings. The highest BCUT2D eigenvalue weighted by Gasteiger charge is 2.17. The molecule has 0 spiro atoms. The summed E-state index contributed by atoms with van der Waals surface area (Å²) in [5, 5.41) is 0. The molecule has 0 saturated carbocycles. The molecular formula is C14H19BrFN3S. The van der Waals surface area contributed by atoms with Gasteiger partial charge in [0.25, 0.3) is 0 Å². The van der Waals surface area contributed by atoms with E-state index in [4.69, 9.17) is 18.0 Å². The van der Waals surface area contributed by atoms with Crippen LogP contribution in [0.5, 0.6) is 0 Å². The quantitative estimate of drug-likeness (QED) is 0.819. The van der Waals surface area contributed by atoms with Gasteiger partial charge in [-0.1, -0.05) is 12.2 Å². The Balaban J connectivity index is 2.07. The summed E-state index contributed by atoms with van der Waals surface area (Å²) in [5.41, 5.74) is 6.67. The maximum atomic E-state index is 14.4. The summed E-state index contributed by atoms with van der Waals surface area (Å²) in [5.74, 6) is -0.306. The lowest BCUT2D eigenvalue weighted by molar-refractivity contribution is 0.346. The van der Waals surface area contributed by atoms with E-state index in [0.717, 1.165) is 26.2 Å². The fraction of sp³-hybridized carbons (Fsp3) is 0.500. The molecule has 20 heavy (non-hydrogen) atoms. The van der Waals surface area contributed by atoms with Crippen LogP contribution in [0.3, 0.4) is 0 Å². The lowest BCUT2D eigenvalue weighted by Crippen LogP contribution is -2.31. The van der Waals surface area contributed by atoms with Crippen molar-refractivity contribution in [2.75, 3.05) is 38.1 Å². The molecule has 0 atom stereocenters. The molecule has 1 aliphatic rings. The molecule has 1 saturated heterocycles. The average Bonchev–Trinajstić information content (AvgIpc) is 2.92. The van der Waals surface area contributed by atoms with E-state index in [1.807, 2.05) is 11.9 Å². The predicted molar refractivity (Wildman–Crippen MR) is 88.9 cm³/mol. The van der Waals surface area contributed by atoms with Gasteiger partial charge in [-0.2, -0.15) is 0 Å². The predicted octanol–water partition coefficient (Wildman–Crippen LogP) is 2.75. The SMILES string of the molecule is CN(CCN1CCCC1)c1ccc(C(N)=S)c(Br)c1F. The van der Waals surface area contributed by atoms with Crippen molar-refractivity contribution in [3.05, 3.63) is 28.0 Å². The van der Waals surface area contributed by atoms with E-state index in [9.17, 15) is 4.39 Å². The molecule has 2 rings (SSSR count). The number of halogens is 2. The normalized spacial score (nSPS) is 15.6. The van der Waals surface area contributed by atoms with Crippen LogP contribution in [0.4, 0.5) is 10.1 Å². The van der Waals surface area contributed by atoms with Crippen LogP contribution in [0, 0.1) is 5.82 Å². The molecule has 1 aromatic rings. The molecule has 1 aliphatic heterocycles. The Morgan fingerprint density at radius 1 is 1.45 bits per heavy atom. The highest BCUT2D eigenvalue weighted by molar-refractivity contribution is 9.10. The number of likely N-dealkylation sites (N-methyl/N-ethyl adjacent to an activating group) is 1. The van der Waals surface area contributed by atoms with E-state index in [2.05, 4.69) is 20.8 Å². The fourth-order valence-electron chi connectivity index (χ4n) is 2.44. The second kappa shape index (κ2) is 6.83. The number of anilines is 1. The zero-order valence-corrected chi connectivity index (χ0v) is 13.9. The number of likely N-dealkylation sites (tertiary alicyclic amines) is 1. The smallest absolute Gasteiger partial charge is 0.161 e. The van der Waals surface area contributed by atoms with Crippen molar-refractivity contribution >= 4 is 38.8 Å². The van der Waals surface area contributed by atoms with Crippen LogP contribution in [0.2, 0.25) is 0 Å². The highest BCUT2D eigenvalue weighted by atomic mass is 79.9. The van der Waals surface area contributed by atoms with Crippen LogP contribution in [0.15, 0.2) is 16.6 Å². The van der Waals surface area contributed by atoms with Crippen molar-refractivity contribution in [1.29, 1.82) is 0 Å². The van der Waals surface area contributed by atoms with Gasteiger partial charge in [-0.25, -0.2) is 4.39 Å². The van der Waals surface area contributed by atoms with Gasteiger partial charge in [0.2, 0.25) is 0 Å². The second-order valence-corrected chi connectivity index (χ2v) is 6.33. The van der Waals surface area contributed by atoms with E-state index >= 15 is 0 Å². The van der Waals surface area contributed by atoms with E-state index in [0.29, 0.717) is 15.7 Å². The summed E-state index contributed by atoms with van der Waals surface area (Å²) in [6.07, 6.45) is 2.54. The summed E-state index contributed by atoms with van der Waals surface area (Å²) in [7, 11) is 1.90. The lowest BCUT2D eigenvalue weighted by Gasteiger charge is -2.24. The fourth-order valence-corrected chi connectivity index (χ4v) is 3.29. The van der Waals surface area contributed by atoms with Gasteiger partial charge >= 0.3 is 0 Å². The van der Waals surface area contributed by atoms with Gasteiger partial charge in [0.05, 0.1) is 10.2 Å². The van der Waals surface area contributed by atoms with Crippen LogP contribution in [0.1, 0.15) is 18.4 Å². The van der Waals surface area contributed by atoms with Crippen LogP contribution < -0.4 is 10.6 Å². The molecule has 110 valence electrons. The molecule has 0 unspecified atom stereocenters. The van der Waals surface area contributed by atoms with Crippen LogP contribution in [-0.4, -0.2) is 43.1 Å². The third-order valence-electron chi connectivity index (χ3n) is 3.69. The third kappa shape index (κ3) is 3.48. The lowest BCUT2D eigenvalue weighted by atomic mass is 10.2. The first-order valence-corrected chi connectivity index (χ1v) is 7.92. The number of rotatable bonds is 5. The summed E-state index contributed by atoms with van der Waals surface area (Å²) in [6, 6.07) is 3.50. The molecule has 0 bridgehead atoms. The molecule has 0 radical (unpaired) electrons. The van der Waals surface area contributed by atoms with Gasteiger partial charge in [0, 0.05) is 25.7 Å². The maximum absolute atomic E-state index is 14.4. The van der Waals surface area contributed by atoms with E-state index in [1.165, 1.54) is 12.8 Å². The minimum Gasteiger partial charge on any atom is -0.389 e. The molecular weight excluding hydrogens is 341 g/mol. The Hall–Kier alpha value is -0.720. The van der Waals surface area contributed by atoms with Gasteiger partial charge in [-0.05, 0) is 54.0 Å². The monoisotopic (exact) mass is 359 g/mol. The van der Waals surface area contributed by atoms with Crippen LogP contribution in [0.25, 0.3) is 0 Å². The van der Waals surface area contributed by atoms with Gasteiger partial charge in [-0.15, -0.1) is 0 Å². The van der Waals surface area contributed by atoms with Crippen molar-refractivity contribution in [1.82, 2.24) is 4.90 Å². The topological polar surface area (TPSA) is 32.5 Å². The summed E-state index contributed by atoms with van der Waals surface area (Å²) < 4.78 is 14.7. The largest absolute Gasteiger partial charge is 0.389 e. The Morgan fingerprint density at radius 2 is 2.10 bits per heavy atom. The van der Waals surface area contributed by atoms with E-state index < -0.39 is 0 Å². The Labute approximate surface area is 133 Å². The number of hydrogen-bond acceptors (Lipinski definition) is 3. The molecule has 0 aliphatic carbocycles. The summed E-state index contributed by atoms with van der Waals surface area (Å²) in [6.45, 7) is 4.07. The van der Waals surface area contributed by atoms with Gasteiger partial charge in [0.15, 0.2) is 5.82 Å². The first-order valence-electron chi connectivity index (χ1n) is 6.72. The van der Waals surface area contributed by atoms with E-state index in [-0.39, 0.29) is 10.8 Å². The Morgan fingerprint density at radius 3 is 2.70 bits per heavy atom. The minimum atomic E-state index is -0.306. The summed E-state index contributed by atoms with van der Waals surface area (Å²) >= 11 is 8.14. The zero-order valence-electron chi connectivity index (χ0n) is 11.5. The van der Waals surface area contributed by atoms with Crippen LogP contribution in [-0.2, 0) is 0 Å². The number of hydrogen-bond donors (Lipinski definition) is 1. The summed E-state index contributed by atoms with van der Waals surface area (Å²) in [4.78, 5) is 4.54. The average molecular weight is 360 g/mol. The minimum absolute atomic E-state index is 0.196.